The highest BCUT2D eigenvalue weighted by Crippen LogP contribution is 2.05. The Morgan fingerprint density at radius 3 is 2.94 bits per heavy atom. The zero-order valence-electron chi connectivity index (χ0n) is 11.0. The molecule has 0 bridgehead atoms. The summed E-state index contributed by atoms with van der Waals surface area (Å²) in [5, 5.41) is 8.78. The Bertz CT molecular complexity index is 388. The molecule has 0 unspecified atom stereocenters. The molecule has 0 aromatic heterocycles. The normalized spacial score (nSPS) is 10.6. The first-order chi connectivity index (χ1) is 8.72. The van der Waals surface area contributed by atoms with E-state index in [1.54, 1.807) is 6.07 Å². The van der Waals surface area contributed by atoms with E-state index in [9.17, 15) is 0 Å². The topological polar surface area (TPSA) is 42.2 Å². The van der Waals surface area contributed by atoms with E-state index in [0.29, 0.717) is 34.6 Å². The molecule has 3 nitrogen and oxygen atoms in total. The van der Waals surface area contributed by atoms with E-state index < -0.39 is 0 Å². The number of nitrogens with zero attached hydrogens (tertiary/aromatic N) is 1. The molecule has 0 aliphatic rings. The molecule has 0 spiro atoms. The average Bonchev–Trinajstić information content (AvgIpc) is 2.37. The first-order valence-corrected chi connectivity index (χ1v) is 7.25. The van der Waals surface area contributed by atoms with Crippen molar-refractivity contribution in [1.82, 2.24) is 0 Å². The van der Waals surface area contributed by atoms with Crippen LogP contribution in [0.25, 0.3) is 0 Å². The van der Waals surface area contributed by atoms with E-state index in [4.69, 9.17) is 14.4 Å². The van der Waals surface area contributed by atoms with Crippen molar-refractivity contribution in [1.29, 1.82) is 5.26 Å². The van der Waals surface area contributed by atoms with Crippen molar-refractivity contribution in [2.45, 2.75) is 26.3 Å². The second-order valence-corrected chi connectivity index (χ2v) is 5.46. The van der Waals surface area contributed by atoms with Crippen molar-refractivity contribution >= 4 is 9.76 Å². The number of ether oxygens (including phenoxy) is 1. The van der Waals surface area contributed by atoms with Gasteiger partial charge in [0.15, 0.2) is 0 Å². The third kappa shape index (κ3) is 6.55. The van der Waals surface area contributed by atoms with Crippen molar-refractivity contribution in [2.24, 2.45) is 5.92 Å². The summed E-state index contributed by atoms with van der Waals surface area (Å²) in [5.41, 5.74) is 1.82. The van der Waals surface area contributed by atoms with Gasteiger partial charge >= 0.3 is 0 Å². The quantitative estimate of drug-likeness (QED) is 0.410. The summed E-state index contributed by atoms with van der Waals surface area (Å²) in [4.78, 5) is 0. The van der Waals surface area contributed by atoms with Crippen molar-refractivity contribution in [2.75, 3.05) is 13.4 Å². The molecule has 0 saturated heterocycles. The van der Waals surface area contributed by atoms with Crippen LogP contribution in [0.15, 0.2) is 24.3 Å². The highest BCUT2D eigenvalue weighted by atomic mass is 28.2. The number of nitriles is 1. The van der Waals surface area contributed by atoms with Crippen LogP contribution in [0.1, 0.15) is 25.0 Å². The summed E-state index contributed by atoms with van der Waals surface area (Å²) < 4.78 is 10.8. The van der Waals surface area contributed by atoms with Gasteiger partial charge in [-0.2, -0.15) is 5.26 Å². The highest BCUT2D eigenvalue weighted by molar-refractivity contribution is 6.27. The summed E-state index contributed by atoms with van der Waals surface area (Å²) in [7, 11) is 0.520. The van der Waals surface area contributed by atoms with Crippen LogP contribution in [0.4, 0.5) is 0 Å². The minimum absolute atomic E-state index is 0.364. The number of hydrogen-bond acceptors (Lipinski definition) is 3. The van der Waals surface area contributed by atoms with E-state index in [0.717, 1.165) is 18.0 Å². The highest BCUT2D eigenvalue weighted by Gasteiger charge is 1.98. The van der Waals surface area contributed by atoms with Crippen LogP contribution in [0.5, 0.6) is 0 Å². The Morgan fingerprint density at radius 2 is 2.22 bits per heavy atom. The van der Waals surface area contributed by atoms with Crippen LogP contribution < -0.4 is 0 Å². The Morgan fingerprint density at radius 1 is 1.39 bits per heavy atom. The lowest BCUT2D eigenvalue weighted by Gasteiger charge is -2.06. The van der Waals surface area contributed by atoms with Crippen LogP contribution in [-0.2, 0) is 15.6 Å². The van der Waals surface area contributed by atoms with E-state index >= 15 is 0 Å². The molecule has 0 saturated carbocycles. The van der Waals surface area contributed by atoms with Gasteiger partial charge in [-0.3, -0.25) is 0 Å². The van der Waals surface area contributed by atoms with Crippen LogP contribution in [0.3, 0.4) is 0 Å². The van der Waals surface area contributed by atoms with Gasteiger partial charge in [-0.15, -0.1) is 0 Å². The molecular formula is C14H19NO2Si. The first-order valence-electron chi connectivity index (χ1n) is 6.14. The monoisotopic (exact) mass is 261 g/mol. The molecule has 1 aromatic rings. The fourth-order valence-corrected chi connectivity index (χ4v) is 1.97. The zero-order valence-corrected chi connectivity index (χ0v) is 12.0. The predicted octanol–water partition coefficient (Wildman–Crippen LogP) is 2.78. The summed E-state index contributed by atoms with van der Waals surface area (Å²) in [6.45, 7) is 5.35. The SMILES string of the molecule is CC(C)C[Si]OCOCCc1cccc(C#N)c1. The largest absolute Gasteiger partial charge is 0.395 e. The maximum absolute atomic E-state index is 8.78. The zero-order chi connectivity index (χ0) is 13.2. The molecule has 0 heterocycles. The van der Waals surface area contributed by atoms with Crippen LogP contribution in [0.2, 0.25) is 6.04 Å². The van der Waals surface area contributed by atoms with Crippen molar-refractivity contribution in [3.05, 3.63) is 35.4 Å². The fraction of sp³-hybridized carbons (Fsp3) is 0.500. The van der Waals surface area contributed by atoms with Crippen molar-refractivity contribution in [3.8, 4) is 6.07 Å². The van der Waals surface area contributed by atoms with Gasteiger partial charge in [0.25, 0.3) is 0 Å². The lowest BCUT2D eigenvalue weighted by atomic mass is 10.1. The summed E-state index contributed by atoms with van der Waals surface area (Å²) >= 11 is 0. The van der Waals surface area contributed by atoms with Gasteiger partial charge in [0.1, 0.15) is 6.79 Å². The lowest BCUT2D eigenvalue weighted by Crippen LogP contribution is -2.08. The maximum atomic E-state index is 8.78. The minimum Gasteiger partial charge on any atom is -0.395 e. The van der Waals surface area contributed by atoms with Crippen molar-refractivity contribution < 1.29 is 9.16 Å². The lowest BCUT2D eigenvalue weighted by molar-refractivity contribution is 0.0183. The number of hydrogen-bond donors (Lipinski definition) is 0. The molecule has 18 heavy (non-hydrogen) atoms. The van der Waals surface area contributed by atoms with Gasteiger partial charge in [0.05, 0.1) is 18.2 Å². The predicted molar refractivity (Wildman–Crippen MR) is 72.2 cm³/mol. The van der Waals surface area contributed by atoms with E-state index in [1.807, 2.05) is 18.2 Å². The Hall–Kier alpha value is -1.15. The van der Waals surface area contributed by atoms with Gasteiger partial charge in [0, 0.05) is 0 Å². The van der Waals surface area contributed by atoms with Crippen molar-refractivity contribution in [3.63, 3.8) is 0 Å². The average molecular weight is 261 g/mol. The van der Waals surface area contributed by atoms with Gasteiger partial charge in [-0.1, -0.05) is 26.0 Å². The molecule has 2 radical (unpaired) electrons. The second-order valence-electron chi connectivity index (χ2n) is 4.47. The molecular weight excluding hydrogens is 242 g/mol. The van der Waals surface area contributed by atoms with Gasteiger partial charge < -0.3 is 9.16 Å². The smallest absolute Gasteiger partial charge is 0.233 e. The molecule has 96 valence electrons. The first kappa shape index (κ1) is 14.9. The molecule has 0 N–H and O–H groups in total. The Kier molecular flexibility index (Phi) is 7.34. The van der Waals surface area contributed by atoms with Gasteiger partial charge in [-0.25, -0.2) is 0 Å². The Balaban J connectivity index is 2.09. The molecule has 0 aliphatic heterocycles. The summed E-state index contributed by atoms with van der Waals surface area (Å²) in [5.74, 6) is 0.678. The van der Waals surface area contributed by atoms with Gasteiger partial charge in [-0.05, 0) is 36.1 Å². The molecule has 0 amide bonds. The summed E-state index contributed by atoms with van der Waals surface area (Å²) in [6.07, 6.45) is 0.812. The van der Waals surface area contributed by atoms with Crippen LogP contribution in [-0.4, -0.2) is 23.2 Å². The minimum atomic E-state index is 0.364. The molecule has 0 fully saturated rings. The van der Waals surface area contributed by atoms with Crippen LogP contribution in [0, 0.1) is 17.2 Å². The van der Waals surface area contributed by atoms with E-state index in [2.05, 4.69) is 19.9 Å². The fourth-order valence-electron chi connectivity index (χ4n) is 1.35. The van der Waals surface area contributed by atoms with E-state index in [-0.39, 0.29) is 0 Å². The third-order valence-corrected chi connectivity index (χ3v) is 3.63. The second kappa shape index (κ2) is 8.87. The van der Waals surface area contributed by atoms with Crippen LogP contribution >= 0.6 is 0 Å². The number of benzene rings is 1. The third-order valence-electron chi connectivity index (χ3n) is 2.33. The summed E-state index contributed by atoms with van der Waals surface area (Å²) in [6, 6.07) is 10.8. The molecule has 4 heteroatoms. The Labute approximate surface area is 112 Å². The standard InChI is InChI=1S/C14H19NO2Si/c1-12(2)10-18-17-11-16-7-6-13-4-3-5-14(8-13)9-15/h3-5,8,12H,6-7,10-11H2,1-2H3. The van der Waals surface area contributed by atoms with Gasteiger partial charge in [0.2, 0.25) is 9.76 Å². The number of rotatable bonds is 8. The molecule has 0 atom stereocenters. The molecule has 1 aromatic carbocycles. The molecule has 1 rings (SSSR count). The molecule has 0 aliphatic carbocycles. The maximum Gasteiger partial charge on any atom is 0.233 e. The van der Waals surface area contributed by atoms with E-state index in [1.165, 1.54) is 0 Å².